The lowest BCUT2D eigenvalue weighted by molar-refractivity contribution is 0.257. The number of rotatable bonds is 2. The van der Waals surface area contributed by atoms with Crippen LogP contribution in [0.2, 0.25) is 0 Å². The maximum atomic E-state index is 6.49. The van der Waals surface area contributed by atoms with Crippen molar-refractivity contribution in [3.63, 3.8) is 0 Å². The van der Waals surface area contributed by atoms with E-state index < -0.39 is 5.54 Å². The second-order valence-corrected chi connectivity index (χ2v) is 5.66. The van der Waals surface area contributed by atoms with Gasteiger partial charge < -0.3 is 10.3 Å². The van der Waals surface area contributed by atoms with Gasteiger partial charge in [-0.3, -0.25) is 4.98 Å². The van der Waals surface area contributed by atoms with Gasteiger partial charge in [0, 0.05) is 6.20 Å². The highest BCUT2D eigenvalue weighted by atomic mass is 16.5. The van der Waals surface area contributed by atoms with Gasteiger partial charge in [-0.1, -0.05) is 36.9 Å². The van der Waals surface area contributed by atoms with Crippen molar-refractivity contribution in [2.75, 3.05) is 0 Å². The average Bonchev–Trinajstić information content (AvgIpc) is 2.84. The van der Waals surface area contributed by atoms with E-state index in [4.69, 9.17) is 10.3 Å². The van der Waals surface area contributed by atoms with E-state index in [1.807, 2.05) is 19.1 Å². The van der Waals surface area contributed by atoms with Crippen molar-refractivity contribution in [2.45, 2.75) is 51.0 Å². The van der Waals surface area contributed by atoms with Crippen LogP contribution in [-0.2, 0) is 5.54 Å². The molecular formula is C15H20N4O. The van der Waals surface area contributed by atoms with Crippen molar-refractivity contribution in [3.8, 4) is 11.5 Å². The summed E-state index contributed by atoms with van der Waals surface area (Å²) in [5, 5.41) is 4.07. The molecule has 1 aliphatic rings. The molecule has 0 aliphatic heterocycles. The zero-order chi connectivity index (χ0) is 14.0. The summed E-state index contributed by atoms with van der Waals surface area (Å²) in [6, 6.07) is 3.89. The minimum atomic E-state index is -0.468. The topological polar surface area (TPSA) is 77.8 Å². The van der Waals surface area contributed by atoms with Crippen LogP contribution in [0.1, 0.15) is 50.0 Å². The average molecular weight is 272 g/mol. The number of hydrogen-bond donors (Lipinski definition) is 1. The van der Waals surface area contributed by atoms with Gasteiger partial charge in [-0.15, -0.1) is 0 Å². The Labute approximate surface area is 118 Å². The van der Waals surface area contributed by atoms with Crippen LogP contribution < -0.4 is 5.73 Å². The van der Waals surface area contributed by atoms with Crippen LogP contribution in [0, 0.1) is 6.92 Å². The number of hydrogen-bond acceptors (Lipinski definition) is 5. The lowest BCUT2D eigenvalue weighted by atomic mass is 9.91. The molecule has 0 spiro atoms. The fourth-order valence-electron chi connectivity index (χ4n) is 2.81. The molecule has 20 heavy (non-hydrogen) atoms. The van der Waals surface area contributed by atoms with E-state index in [1.165, 1.54) is 12.8 Å². The van der Waals surface area contributed by atoms with E-state index in [-0.39, 0.29) is 0 Å². The van der Waals surface area contributed by atoms with E-state index in [0.717, 1.165) is 36.9 Å². The van der Waals surface area contributed by atoms with Crippen LogP contribution in [0.5, 0.6) is 0 Å². The van der Waals surface area contributed by atoms with Gasteiger partial charge in [0.25, 0.3) is 0 Å². The van der Waals surface area contributed by atoms with Crippen molar-refractivity contribution in [2.24, 2.45) is 5.73 Å². The van der Waals surface area contributed by atoms with Gasteiger partial charge in [0.15, 0.2) is 0 Å². The molecule has 2 aromatic rings. The van der Waals surface area contributed by atoms with Gasteiger partial charge in [0.1, 0.15) is 5.69 Å². The largest absolute Gasteiger partial charge is 0.337 e. The van der Waals surface area contributed by atoms with Crippen molar-refractivity contribution in [1.82, 2.24) is 15.1 Å². The van der Waals surface area contributed by atoms with Crippen LogP contribution in [0.4, 0.5) is 0 Å². The molecule has 106 valence electrons. The molecule has 2 N–H and O–H groups in total. The van der Waals surface area contributed by atoms with Crippen molar-refractivity contribution in [1.29, 1.82) is 0 Å². The van der Waals surface area contributed by atoms with Crippen LogP contribution in [0.15, 0.2) is 22.9 Å². The van der Waals surface area contributed by atoms with E-state index in [0.29, 0.717) is 11.7 Å². The van der Waals surface area contributed by atoms with Gasteiger partial charge in [0.05, 0.1) is 5.54 Å². The molecular weight excluding hydrogens is 252 g/mol. The maximum Gasteiger partial charge on any atom is 0.247 e. The SMILES string of the molecule is Cc1cccnc1-c1noc(C2(N)CCCCCC2)n1. The molecule has 0 aromatic carbocycles. The van der Waals surface area contributed by atoms with E-state index in [1.54, 1.807) is 6.20 Å². The van der Waals surface area contributed by atoms with Gasteiger partial charge >= 0.3 is 0 Å². The lowest BCUT2D eigenvalue weighted by Gasteiger charge is -2.22. The minimum Gasteiger partial charge on any atom is -0.337 e. The van der Waals surface area contributed by atoms with Crippen molar-refractivity contribution >= 4 is 0 Å². The van der Waals surface area contributed by atoms with E-state index in [2.05, 4.69) is 15.1 Å². The first-order chi connectivity index (χ1) is 9.69. The first kappa shape index (κ1) is 13.2. The molecule has 0 radical (unpaired) electrons. The monoisotopic (exact) mass is 272 g/mol. The summed E-state index contributed by atoms with van der Waals surface area (Å²) >= 11 is 0. The van der Waals surface area contributed by atoms with Crippen LogP contribution in [0.25, 0.3) is 11.5 Å². The van der Waals surface area contributed by atoms with Crippen LogP contribution in [-0.4, -0.2) is 15.1 Å². The third-order valence-corrected chi connectivity index (χ3v) is 4.07. The van der Waals surface area contributed by atoms with Gasteiger partial charge in [-0.05, 0) is 31.4 Å². The summed E-state index contributed by atoms with van der Waals surface area (Å²) in [5.41, 5.74) is 7.82. The minimum absolute atomic E-state index is 0.468. The van der Waals surface area contributed by atoms with Crippen LogP contribution in [0.3, 0.4) is 0 Å². The molecule has 0 amide bonds. The Morgan fingerprint density at radius 2 is 1.95 bits per heavy atom. The summed E-state index contributed by atoms with van der Waals surface area (Å²) in [6.45, 7) is 1.99. The smallest absolute Gasteiger partial charge is 0.247 e. The number of aromatic nitrogens is 3. The number of aryl methyl sites for hydroxylation is 1. The summed E-state index contributed by atoms with van der Waals surface area (Å²) in [4.78, 5) is 8.84. The summed E-state index contributed by atoms with van der Waals surface area (Å²) in [6.07, 6.45) is 8.28. The second-order valence-electron chi connectivity index (χ2n) is 5.66. The predicted octanol–water partition coefficient (Wildman–Crippen LogP) is 2.95. The summed E-state index contributed by atoms with van der Waals surface area (Å²) in [7, 11) is 0. The Kier molecular flexibility index (Phi) is 3.53. The standard InChI is InChI=1S/C15H20N4O/c1-11-7-6-10-17-12(11)13-18-14(20-19-13)15(16)8-4-2-3-5-9-15/h6-7,10H,2-5,8-9,16H2,1H3. The Morgan fingerprint density at radius 3 is 2.65 bits per heavy atom. The molecule has 0 saturated heterocycles. The number of nitrogens with zero attached hydrogens (tertiary/aromatic N) is 3. The lowest BCUT2D eigenvalue weighted by Crippen LogP contribution is -2.36. The molecule has 0 bridgehead atoms. The molecule has 1 aliphatic carbocycles. The number of pyridine rings is 1. The third kappa shape index (κ3) is 2.45. The molecule has 2 aromatic heterocycles. The molecule has 1 fully saturated rings. The zero-order valence-corrected chi connectivity index (χ0v) is 11.8. The highest BCUT2D eigenvalue weighted by Gasteiger charge is 2.34. The zero-order valence-electron chi connectivity index (χ0n) is 11.8. The quantitative estimate of drug-likeness (QED) is 0.850. The molecule has 0 atom stereocenters. The fourth-order valence-corrected chi connectivity index (χ4v) is 2.81. The summed E-state index contributed by atoms with van der Waals surface area (Å²) < 4.78 is 5.45. The first-order valence-corrected chi connectivity index (χ1v) is 7.24. The highest BCUT2D eigenvalue weighted by Crippen LogP contribution is 2.33. The number of nitrogens with two attached hydrogens (primary N) is 1. The maximum absolute atomic E-state index is 6.49. The van der Waals surface area contributed by atoms with E-state index in [9.17, 15) is 0 Å². The molecule has 2 heterocycles. The Bertz CT molecular complexity index is 585. The Balaban J connectivity index is 1.92. The highest BCUT2D eigenvalue weighted by molar-refractivity contribution is 5.53. The molecule has 5 nitrogen and oxygen atoms in total. The predicted molar refractivity (Wildman–Crippen MR) is 75.8 cm³/mol. The van der Waals surface area contributed by atoms with Crippen molar-refractivity contribution in [3.05, 3.63) is 29.8 Å². The molecule has 0 unspecified atom stereocenters. The van der Waals surface area contributed by atoms with Gasteiger partial charge in [-0.2, -0.15) is 4.98 Å². The van der Waals surface area contributed by atoms with Crippen LogP contribution >= 0.6 is 0 Å². The molecule has 3 rings (SSSR count). The van der Waals surface area contributed by atoms with E-state index >= 15 is 0 Å². The summed E-state index contributed by atoms with van der Waals surface area (Å²) in [5.74, 6) is 1.09. The Morgan fingerprint density at radius 1 is 1.20 bits per heavy atom. The molecule has 5 heteroatoms. The fraction of sp³-hybridized carbons (Fsp3) is 0.533. The van der Waals surface area contributed by atoms with Crippen molar-refractivity contribution < 1.29 is 4.52 Å². The second kappa shape index (κ2) is 5.32. The normalized spacial score (nSPS) is 18.7. The Hall–Kier alpha value is -1.75. The van der Waals surface area contributed by atoms with Gasteiger partial charge in [-0.25, -0.2) is 0 Å². The first-order valence-electron chi connectivity index (χ1n) is 7.24. The molecule has 1 saturated carbocycles. The third-order valence-electron chi connectivity index (χ3n) is 4.07. The van der Waals surface area contributed by atoms with Gasteiger partial charge in [0.2, 0.25) is 11.7 Å².